The van der Waals surface area contributed by atoms with Gasteiger partial charge in [0.2, 0.25) is 23.6 Å². The van der Waals surface area contributed by atoms with E-state index in [9.17, 15) is 9.59 Å². The molecular weight excluding hydrogens is 276 g/mol. The first-order valence-electron chi connectivity index (χ1n) is 7.02. The third-order valence-electron chi connectivity index (χ3n) is 3.19. The monoisotopic (exact) mass is 296 g/mol. The Morgan fingerprint density at radius 2 is 1.90 bits per heavy atom. The van der Waals surface area contributed by atoms with Crippen LogP contribution in [0.4, 0.5) is 0 Å². The van der Waals surface area contributed by atoms with Gasteiger partial charge in [0.05, 0.1) is 0 Å². The van der Waals surface area contributed by atoms with Crippen LogP contribution in [-0.4, -0.2) is 47.3 Å². The summed E-state index contributed by atoms with van der Waals surface area (Å²) in [6.07, 6.45) is 1.54. The molecule has 1 aromatic rings. The van der Waals surface area contributed by atoms with Crippen molar-refractivity contribution in [2.75, 3.05) is 13.2 Å². The number of carbonyl (C=O) groups is 2. The third-order valence-corrected chi connectivity index (χ3v) is 3.19. The number of nitrogens with zero attached hydrogens (tertiary/aromatic N) is 2. The summed E-state index contributed by atoms with van der Waals surface area (Å²) in [4.78, 5) is 23.2. The highest BCUT2D eigenvalue weighted by Gasteiger charge is 2.31. The SMILES string of the molecule is CCOCC(=O)NC1CC(NC(=O)Cc2nnc(C)o2)C1. The largest absolute Gasteiger partial charge is 0.425 e. The lowest BCUT2D eigenvalue weighted by Gasteiger charge is -2.36. The van der Waals surface area contributed by atoms with Gasteiger partial charge in [0.15, 0.2) is 0 Å². The van der Waals surface area contributed by atoms with Crippen molar-refractivity contribution < 1.29 is 18.7 Å². The van der Waals surface area contributed by atoms with Crippen LogP contribution >= 0.6 is 0 Å². The van der Waals surface area contributed by atoms with E-state index >= 15 is 0 Å². The third kappa shape index (κ3) is 4.82. The van der Waals surface area contributed by atoms with Gasteiger partial charge in [-0.05, 0) is 19.8 Å². The van der Waals surface area contributed by atoms with Crippen LogP contribution in [0.2, 0.25) is 0 Å². The summed E-state index contributed by atoms with van der Waals surface area (Å²) >= 11 is 0. The predicted octanol–water partition coefficient (Wildman–Crippen LogP) is -0.280. The second-order valence-corrected chi connectivity index (χ2v) is 5.03. The highest BCUT2D eigenvalue weighted by molar-refractivity contribution is 5.79. The molecule has 1 aromatic heterocycles. The minimum Gasteiger partial charge on any atom is -0.425 e. The average Bonchev–Trinajstić information content (AvgIpc) is 2.79. The molecule has 0 unspecified atom stereocenters. The Labute approximate surface area is 122 Å². The number of hydrogen-bond acceptors (Lipinski definition) is 6. The van der Waals surface area contributed by atoms with E-state index in [1.165, 1.54) is 0 Å². The van der Waals surface area contributed by atoms with Gasteiger partial charge in [0.1, 0.15) is 13.0 Å². The van der Waals surface area contributed by atoms with Crippen LogP contribution in [0, 0.1) is 6.92 Å². The second-order valence-electron chi connectivity index (χ2n) is 5.03. The standard InChI is InChI=1S/C13H20N4O4/c1-3-20-7-12(19)15-10-4-9(5-10)14-11(18)6-13-17-16-8(2)21-13/h9-10H,3-7H2,1-2H3,(H,14,18)(H,15,19). The Hall–Kier alpha value is -1.96. The van der Waals surface area contributed by atoms with Gasteiger partial charge < -0.3 is 19.8 Å². The number of hydrogen-bond donors (Lipinski definition) is 2. The number of carbonyl (C=O) groups excluding carboxylic acids is 2. The fraction of sp³-hybridized carbons (Fsp3) is 0.692. The molecule has 1 heterocycles. The molecule has 1 aliphatic rings. The minimum atomic E-state index is -0.150. The van der Waals surface area contributed by atoms with Crippen LogP contribution in [-0.2, 0) is 20.7 Å². The van der Waals surface area contributed by atoms with Crippen molar-refractivity contribution in [3.63, 3.8) is 0 Å². The number of aryl methyl sites for hydroxylation is 1. The molecule has 21 heavy (non-hydrogen) atoms. The molecule has 8 heteroatoms. The number of ether oxygens (including phenoxy) is 1. The summed E-state index contributed by atoms with van der Waals surface area (Å²) in [5.41, 5.74) is 0. The molecule has 0 aromatic carbocycles. The van der Waals surface area contributed by atoms with Crippen LogP contribution in [0.5, 0.6) is 0 Å². The molecule has 8 nitrogen and oxygen atoms in total. The minimum absolute atomic E-state index is 0.0820. The zero-order valence-electron chi connectivity index (χ0n) is 12.2. The summed E-state index contributed by atoms with van der Waals surface area (Å²) in [5, 5.41) is 13.2. The maximum absolute atomic E-state index is 11.7. The van der Waals surface area contributed by atoms with Crippen molar-refractivity contribution in [1.29, 1.82) is 0 Å². The van der Waals surface area contributed by atoms with Gasteiger partial charge in [-0.2, -0.15) is 0 Å². The van der Waals surface area contributed by atoms with Gasteiger partial charge in [0.25, 0.3) is 0 Å². The van der Waals surface area contributed by atoms with Gasteiger partial charge in [-0.25, -0.2) is 0 Å². The second kappa shape index (κ2) is 7.16. The van der Waals surface area contributed by atoms with E-state index in [0.29, 0.717) is 18.4 Å². The Balaban J connectivity index is 1.61. The Morgan fingerprint density at radius 1 is 1.24 bits per heavy atom. The molecular formula is C13H20N4O4. The van der Waals surface area contributed by atoms with Crippen LogP contribution in [0.25, 0.3) is 0 Å². The quantitative estimate of drug-likeness (QED) is 0.717. The Morgan fingerprint density at radius 3 is 2.48 bits per heavy atom. The molecule has 2 N–H and O–H groups in total. The molecule has 0 bridgehead atoms. The fourth-order valence-corrected chi connectivity index (χ4v) is 2.14. The molecule has 0 radical (unpaired) electrons. The Kier molecular flexibility index (Phi) is 5.26. The maximum atomic E-state index is 11.7. The summed E-state index contributed by atoms with van der Waals surface area (Å²) in [6.45, 7) is 4.12. The maximum Gasteiger partial charge on any atom is 0.246 e. The molecule has 2 amide bonds. The highest BCUT2D eigenvalue weighted by atomic mass is 16.5. The lowest BCUT2D eigenvalue weighted by atomic mass is 9.86. The van der Waals surface area contributed by atoms with Gasteiger partial charge in [-0.3, -0.25) is 9.59 Å². The molecule has 0 saturated heterocycles. The number of amides is 2. The van der Waals surface area contributed by atoms with Crippen molar-refractivity contribution in [2.24, 2.45) is 0 Å². The molecule has 2 rings (SSSR count). The fourth-order valence-electron chi connectivity index (χ4n) is 2.14. The highest BCUT2D eigenvalue weighted by Crippen LogP contribution is 2.20. The van der Waals surface area contributed by atoms with E-state index in [4.69, 9.17) is 9.15 Å². The zero-order valence-corrected chi connectivity index (χ0v) is 12.2. The molecule has 1 aliphatic carbocycles. The van der Waals surface area contributed by atoms with Gasteiger partial charge >= 0.3 is 0 Å². The number of nitrogens with one attached hydrogen (secondary N) is 2. The number of rotatable bonds is 7. The van der Waals surface area contributed by atoms with Crippen LogP contribution in [0.15, 0.2) is 4.42 Å². The van der Waals surface area contributed by atoms with Crippen molar-refractivity contribution in [3.05, 3.63) is 11.8 Å². The summed E-state index contributed by atoms with van der Waals surface area (Å²) < 4.78 is 10.2. The normalized spacial score (nSPS) is 20.7. The van der Waals surface area contributed by atoms with Crippen molar-refractivity contribution in [1.82, 2.24) is 20.8 Å². The smallest absolute Gasteiger partial charge is 0.246 e. The van der Waals surface area contributed by atoms with E-state index in [-0.39, 0.29) is 36.9 Å². The van der Waals surface area contributed by atoms with E-state index in [2.05, 4.69) is 20.8 Å². The zero-order chi connectivity index (χ0) is 15.2. The van der Waals surface area contributed by atoms with E-state index in [0.717, 1.165) is 12.8 Å². The predicted molar refractivity (Wildman–Crippen MR) is 72.3 cm³/mol. The lowest BCUT2D eigenvalue weighted by molar-refractivity contribution is -0.127. The van der Waals surface area contributed by atoms with Crippen LogP contribution < -0.4 is 10.6 Å². The summed E-state index contributed by atoms with van der Waals surface area (Å²) in [6, 6.07) is 0.188. The molecule has 1 saturated carbocycles. The average molecular weight is 296 g/mol. The first-order chi connectivity index (χ1) is 10.1. The first kappa shape index (κ1) is 15.4. The van der Waals surface area contributed by atoms with E-state index in [1.54, 1.807) is 6.92 Å². The summed E-state index contributed by atoms with van der Waals surface area (Å²) in [7, 11) is 0. The van der Waals surface area contributed by atoms with Crippen LogP contribution in [0.1, 0.15) is 31.5 Å². The molecule has 1 fully saturated rings. The molecule has 0 atom stereocenters. The van der Waals surface area contributed by atoms with Crippen molar-refractivity contribution in [3.8, 4) is 0 Å². The lowest BCUT2D eigenvalue weighted by Crippen LogP contribution is -2.54. The number of aromatic nitrogens is 2. The van der Waals surface area contributed by atoms with Crippen LogP contribution in [0.3, 0.4) is 0 Å². The van der Waals surface area contributed by atoms with Gasteiger partial charge in [0, 0.05) is 25.6 Å². The molecule has 116 valence electrons. The topological polar surface area (TPSA) is 106 Å². The molecule has 0 aliphatic heterocycles. The van der Waals surface area contributed by atoms with Crippen molar-refractivity contribution in [2.45, 2.75) is 45.2 Å². The Bertz CT molecular complexity index is 496. The van der Waals surface area contributed by atoms with E-state index in [1.807, 2.05) is 6.92 Å². The van der Waals surface area contributed by atoms with Gasteiger partial charge in [-0.1, -0.05) is 0 Å². The first-order valence-corrected chi connectivity index (χ1v) is 7.02. The van der Waals surface area contributed by atoms with Crippen molar-refractivity contribution >= 4 is 11.8 Å². The van der Waals surface area contributed by atoms with Gasteiger partial charge in [-0.15, -0.1) is 10.2 Å². The summed E-state index contributed by atoms with van der Waals surface area (Å²) in [5.74, 6) is 0.486. The van der Waals surface area contributed by atoms with E-state index < -0.39 is 0 Å². The molecule has 0 spiro atoms.